The van der Waals surface area contributed by atoms with Gasteiger partial charge in [0, 0.05) is 30.2 Å². The number of rotatable bonds is 4. The van der Waals surface area contributed by atoms with Gasteiger partial charge in [0.25, 0.3) is 5.91 Å². The van der Waals surface area contributed by atoms with Crippen molar-refractivity contribution in [3.05, 3.63) is 34.3 Å². The van der Waals surface area contributed by atoms with Crippen molar-refractivity contribution in [1.82, 2.24) is 9.88 Å². The van der Waals surface area contributed by atoms with E-state index < -0.39 is 0 Å². The Balaban J connectivity index is 2.07. The molecule has 0 spiro atoms. The molecule has 0 atom stereocenters. The minimum Gasteiger partial charge on any atom is -0.477 e. The molecular formula is C13H17N5O2. The second kappa shape index (κ2) is 6.77. The predicted molar refractivity (Wildman–Crippen MR) is 73.5 cm³/mol. The van der Waals surface area contributed by atoms with E-state index in [9.17, 15) is 4.79 Å². The molecule has 1 aliphatic heterocycles. The standard InChI is InChI=1S/C13H17N5O2/c1-2-20-12-11(4-3-7-15-12)13(19)18-8-5-10(6-9-18)16-17-14/h3-4,7,10H,2,5-6,8-9H2,1H3. The molecule has 1 aliphatic rings. The molecule has 0 aromatic carbocycles. The SMILES string of the molecule is CCOc1ncccc1C(=O)N1CCC(N=[N+]=[N-])CC1. The first kappa shape index (κ1) is 14.1. The Morgan fingerprint density at radius 1 is 1.60 bits per heavy atom. The highest BCUT2D eigenvalue weighted by Crippen LogP contribution is 2.20. The fraction of sp³-hybridized carbons (Fsp3) is 0.538. The zero-order chi connectivity index (χ0) is 14.4. The van der Waals surface area contributed by atoms with Crippen molar-refractivity contribution in [1.29, 1.82) is 0 Å². The molecule has 1 saturated heterocycles. The van der Waals surface area contributed by atoms with E-state index in [0.717, 1.165) is 0 Å². The minimum absolute atomic E-state index is 0.00990. The van der Waals surface area contributed by atoms with Gasteiger partial charge in [-0.05, 0) is 37.4 Å². The summed E-state index contributed by atoms with van der Waals surface area (Å²) >= 11 is 0. The summed E-state index contributed by atoms with van der Waals surface area (Å²) in [6.07, 6.45) is 3.00. The van der Waals surface area contributed by atoms with E-state index in [1.54, 1.807) is 23.2 Å². The Morgan fingerprint density at radius 3 is 3.00 bits per heavy atom. The topological polar surface area (TPSA) is 91.2 Å². The Kier molecular flexibility index (Phi) is 4.79. The second-order valence-electron chi connectivity index (χ2n) is 4.52. The lowest BCUT2D eigenvalue weighted by Gasteiger charge is -2.30. The van der Waals surface area contributed by atoms with Crippen LogP contribution in [0.4, 0.5) is 0 Å². The number of carbonyl (C=O) groups is 1. The molecule has 1 aromatic rings. The molecule has 0 radical (unpaired) electrons. The molecule has 106 valence electrons. The van der Waals surface area contributed by atoms with Gasteiger partial charge in [-0.1, -0.05) is 5.11 Å². The molecule has 20 heavy (non-hydrogen) atoms. The van der Waals surface area contributed by atoms with E-state index in [4.69, 9.17) is 10.3 Å². The van der Waals surface area contributed by atoms with Gasteiger partial charge in [0.2, 0.25) is 5.88 Å². The van der Waals surface area contributed by atoms with E-state index in [1.807, 2.05) is 6.92 Å². The van der Waals surface area contributed by atoms with Gasteiger partial charge in [0.05, 0.1) is 6.61 Å². The number of aromatic nitrogens is 1. The van der Waals surface area contributed by atoms with Crippen LogP contribution in [0.3, 0.4) is 0 Å². The quantitative estimate of drug-likeness (QED) is 0.480. The Bertz CT molecular complexity index is 519. The Labute approximate surface area is 117 Å². The monoisotopic (exact) mass is 275 g/mol. The summed E-state index contributed by atoms with van der Waals surface area (Å²) in [5.41, 5.74) is 8.90. The fourth-order valence-corrected chi connectivity index (χ4v) is 2.23. The lowest BCUT2D eigenvalue weighted by atomic mass is 10.1. The number of pyridine rings is 1. The van der Waals surface area contributed by atoms with Crippen LogP contribution in [-0.2, 0) is 0 Å². The second-order valence-corrected chi connectivity index (χ2v) is 4.52. The van der Waals surface area contributed by atoms with Crippen LogP contribution < -0.4 is 4.74 Å². The highest BCUT2D eigenvalue weighted by Gasteiger charge is 2.25. The summed E-state index contributed by atoms with van der Waals surface area (Å²) in [4.78, 5) is 21.1. The van der Waals surface area contributed by atoms with E-state index in [-0.39, 0.29) is 11.9 Å². The number of azide groups is 1. The number of carbonyl (C=O) groups excluding carboxylic acids is 1. The maximum atomic E-state index is 12.5. The highest BCUT2D eigenvalue weighted by atomic mass is 16.5. The van der Waals surface area contributed by atoms with Crippen molar-refractivity contribution in [2.24, 2.45) is 5.11 Å². The number of ether oxygens (including phenoxy) is 1. The average molecular weight is 275 g/mol. The third-order valence-corrected chi connectivity index (χ3v) is 3.25. The van der Waals surface area contributed by atoms with Crippen molar-refractivity contribution in [2.45, 2.75) is 25.8 Å². The van der Waals surface area contributed by atoms with Crippen molar-refractivity contribution >= 4 is 5.91 Å². The van der Waals surface area contributed by atoms with Gasteiger partial charge in [0.15, 0.2) is 0 Å². The van der Waals surface area contributed by atoms with Gasteiger partial charge in [-0.25, -0.2) is 4.98 Å². The van der Waals surface area contributed by atoms with E-state index in [1.165, 1.54) is 0 Å². The molecule has 7 nitrogen and oxygen atoms in total. The van der Waals surface area contributed by atoms with Crippen LogP contribution in [0.15, 0.2) is 23.4 Å². The van der Waals surface area contributed by atoms with Crippen LogP contribution in [0.1, 0.15) is 30.1 Å². The number of nitrogens with zero attached hydrogens (tertiary/aromatic N) is 5. The summed E-state index contributed by atoms with van der Waals surface area (Å²) in [6.45, 7) is 3.50. The molecule has 1 amide bonds. The first-order valence-corrected chi connectivity index (χ1v) is 6.67. The normalized spacial score (nSPS) is 15.6. The summed E-state index contributed by atoms with van der Waals surface area (Å²) in [5, 5.41) is 3.70. The molecule has 0 saturated carbocycles. The zero-order valence-corrected chi connectivity index (χ0v) is 11.4. The van der Waals surface area contributed by atoms with Gasteiger partial charge in [-0.3, -0.25) is 4.79 Å². The van der Waals surface area contributed by atoms with Gasteiger partial charge >= 0.3 is 0 Å². The Morgan fingerprint density at radius 2 is 2.35 bits per heavy atom. The van der Waals surface area contributed by atoms with Crippen LogP contribution in [-0.4, -0.2) is 41.5 Å². The van der Waals surface area contributed by atoms with Crippen molar-refractivity contribution in [3.8, 4) is 5.88 Å². The van der Waals surface area contributed by atoms with Gasteiger partial charge < -0.3 is 9.64 Å². The third-order valence-electron chi connectivity index (χ3n) is 3.25. The van der Waals surface area contributed by atoms with Crippen LogP contribution >= 0.6 is 0 Å². The molecule has 0 aliphatic carbocycles. The van der Waals surface area contributed by atoms with E-state index in [0.29, 0.717) is 44.0 Å². The summed E-state index contributed by atoms with van der Waals surface area (Å²) in [5.74, 6) is 0.290. The lowest BCUT2D eigenvalue weighted by Crippen LogP contribution is -2.39. The molecule has 1 fully saturated rings. The first-order valence-electron chi connectivity index (χ1n) is 6.67. The molecule has 7 heteroatoms. The molecule has 2 rings (SSSR count). The van der Waals surface area contributed by atoms with Crippen LogP contribution in [0.5, 0.6) is 5.88 Å². The fourth-order valence-electron chi connectivity index (χ4n) is 2.23. The number of hydrogen-bond acceptors (Lipinski definition) is 4. The van der Waals surface area contributed by atoms with Gasteiger partial charge in [-0.2, -0.15) is 0 Å². The molecule has 0 unspecified atom stereocenters. The first-order chi connectivity index (χ1) is 9.76. The van der Waals surface area contributed by atoms with Crippen LogP contribution in [0.25, 0.3) is 10.4 Å². The molecule has 0 N–H and O–H groups in total. The number of likely N-dealkylation sites (tertiary alicyclic amines) is 1. The molecular weight excluding hydrogens is 258 g/mol. The average Bonchev–Trinajstić information content (AvgIpc) is 2.49. The Hall–Kier alpha value is -2.27. The maximum Gasteiger partial charge on any atom is 0.259 e. The van der Waals surface area contributed by atoms with Crippen LogP contribution in [0.2, 0.25) is 0 Å². The van der Waals surface area contributed by atoms with E-state index in [2.05, 4.69) is 15.0 Å². The summed E-state index contributed by atoms with van der Waals surface area (Å²) in [7, 11) is 0. The maximum absolute atomic E-state index is 12.5. The predicted octanol–water partition coefficient (Wildman–Crippen LogP) is 2.40. The summed E-state index contributed by atoms with van der Waals surface area (Å²) in [6, 6.07) is 3.44. The van der Waals surface area contributed by atoms with E-state index >= 15 is 0 Å². The number of hydrogen-bond donors (Lipinski definition) is 0. The molecule has 1 aromatic heterocycles. The molecule has 0 bridgehead atoms. The highest BCUT2D eigenvalue weighted by molar-refractivity contribution is 5.96. The number of amides is 1. The largest absolute Gasteiger partial charge is 0.477 e. The smallest absolute Gasteiger partial charge is 0.259 e. The van der Waals surface area contributed by atoms with Crippen molar-refractivity contribution < 1.29 is 9.53 Å². The van der Waals surface area contributed by atoms with Gasteiger partial charge in [-0.15, -0.1) is 0 Å². The third kappa shape index (κ3) is 3.19. The number of piperidine rings is 1. The van der Waals surface area contributed by atoms with Gasteiger partial charge in [0.1, 0.15) is 5.56 Å². The summed E-state index contributed by atoms with van der Waals surface area (Å²) < 4.78 is 5.38. The van der Waals surface area contributed by atoms with Crippen LogP contribution in [0, 0.1) is 0 Å². The van der Waals surface area contributed by atoms with Crippen molar-refractivity contribution in [2.75, 3.05) is 19.7 Å². The van der Waals surface area contributed by atoms with Crippen molar-refractivity contribution in [3.63, 3.8) is 0 Å². The minimum atomic E-state index is -0.0825. The lowest BCUT2D eigenvalue weighted by molar-refractivity contribution is 0.0709. The zero-order valence-electron chi connectivity index (χ0n) is 11.4. The molecule has 2 heterocycles.